The van der Waals surface area contributed by atoms with E-state index < -0.39 is 5.83 Å². The van der Waals surface area contributed by atoms with Crippen LogP contribution in [0.3, 0.4) is 0 Å². The predicted octanol–water partition coefficient (Wildman–Crippen LogP) is 3.27. The largest absolute Gasteiger partial charge is 0.211 e. The maximum Gasteiger partial charge on any atom is 0.124 e. The highest BCUT2D eigenvalue weighted by Gasteiger charge is 2.09. The van der Waals surface area contributed by atoms with Gasteiger partial charge in [0.05, 0.1) is 0 Å². The summed E-state index contributed by atoms with van der Waals surface area (Å²) in [6.45, 7) is 1.48. The standard InChI is InChI=1S/C8H10F2/c1-6-7(9)4-2-3-5-8(6)10/h4H,2-3,5H2,1H3. The molecule has 10 heavy (non-hydrogen) atoms. The molecule has 0 atom stereocenters. The number of hydrogen-bond acceptors (Lipinski definition) is 0. The fourth-order valence-electron chi connectivity index (χ4n) is 0.956. The predicted molar refractivity (Wildman–Crippen MR) is 36.9 cm³/mol. The lowest BCUT2D eigenvalue weighted by Gasteiger charge is -1.95. The van der Waals surface area contributed by atoms with E-state index in [0.29, 0.717) is 12.8 Å². The zero-order valence-corrected chi connectivity index (χ0v) is 5.95. The molecule has 0 nitrogen and oxygen atoms in total. The van der Waals surface area contributed by atoms with Gasteiger partial charge < -0.3 is 0 Å². The Kier molecular flexibility index (Phi) is 2.20. The first-order valence-corrected chi connectivity index (χ1v) is 3.43. The van der Waals surface area contributed by atoms with Crippen molar-refractivity contribution in [1.82, 2.24) is 0 Å². The number of hydrogen-bond donors (Lipinski definition) is 0. The summed E-state index contributed by atoms with van der Waals surface area (Å²) in [7, 11) is 0. The highest BCUT2D eigenvalue weighted by Crippen LogP contribution is 2.25. The monoisotopic (exact) mass is 144 g/mol. The van der Waals surface area contributed by atoms with Gasteiger partial charge in [0.1, 0.15) is 11.7 Å². The average Bonchev–Trinajstić information content (AvgIpc) is 2.04. The molecule has 0 saturated heterocycles. The first kappa shape index (κ1) is 7.45. The van der Waals surface area contributed by atoms with E-state index in [1.54, 1.807) is 0 Å². The van der Waals surface area contributed by atoms with Crippen LogP contribution in [0.1, 0.15) is 26.2 Å². The zero-order chi connectivity index (χ0) is 7.56. The molecular formula is C8H10F2. The molecule has 0 amide bonds. The summed E-state index contributed by atoms with van der Waals surface area (Å²) in [5.41, 5.74) is 0.178. The van der Waals surface area contributed by atoms with Crippen LogP contribution in [0.15, 0.2) is 23.3 Å². The van der Waals surface area contributed by atoms with E-state index in [2.05, 4.69) is 0 Å². The molecule has 0 N–H and O–H groups in total. The summed E-state index contributed by atoms with van der Waals surface area (Å²) in [5.74, 6) is -0.693. The molecule has 0 radical (unpaired) electrons. The van der Waals surface area contributed by atoms with Gasteiger partial charge in [-0.1, -0.05) is 0 Å². The Morgan fingerprint density at radius 2 is 2.10 bits per heavy atom. The highest BCUT2D eigenvalue weighted by atomic mass is 19.1. The van der Waals surface area contributed by atoms with Crippen LogP contribution in [-0.2, 0) is 0 Å². The summed E-state index contributed by atoms with van der Waals surface area (Å²) in [6, 6.07) is 0. The van der Waals surface area contributed by atoms with E-state index in [4.69, 9.17) is 0 Å². The molecule has 0 spiro atoms. The minimum absolute atomic E-state index is 0.178. The summed E-state index contributed by atoms with van der Waals surface area (Å²) in [4.78, 5) is 0. The average molecular weight is 144 g/mol. The molecular weight excluding hydrogens is 134 g/mol. The van der Waals surface area contributed by atoms with Crippen molar-refractivity contribution in [2.75, 3.05) is 0 Å². The lowest BCUT2D eigenvalue weighted by Crippen LogP contribution is -1.79. The van der Waals surface area contributed by atoms with Crippen LogP contribution in [0.25, 0.3) is 0 Å². The summed E-state index contributed by atoms with van der Waals surface area (Å²) in [5, 5.41) is 0. The Labute approximate surface area is 59.2 Å². The molecule has 0 saturated carbocycles. The van der Waals surface area contributed by atoms with Crippen molar-refractivity contribution in [2.45, 2.75) is 26.2 Å². The molecule has 0 heterocycles. The molecule has 0 bridgehead atoms. The van der Waals surface area contributed by atoms with Crippen LogP contribution in [0.2, 0.25) is 0 Å². The van der Waals surface area contributed by atoms with Crippen LogP contribution in [0.4, 0.5) is 8.78 Å². The van der Waals surface area contributed by atoms with Crippen molar-refractivity contribution in [3.05, 3.63) is 23.3 Å². The van der Waals surface area contributed by atoms with E-state index in [0.717, 1.165) is 6.42 Å². The van der Waals surface area contributed by atoms with E-state index in [-0.39, 0.29) is 11.4 Å². The minimum Gasteiger partial charge on any atom is -0.211 e. The van der Waals surface area contributed by atoms with Gasteiger partial charge >= 0.3 is 0 Å². The van der Waals surface area contributed by atoms with Crippen LogP contribution in [-0.4, -0.2) is 0 Å². The van der Waals surface area contributed by atoms with E-state index in [1.807, 2.05) is 0 Å². The molecule has 0 fully saturated rings. The van der Waals surface area contributed by atoms with Crippen molar-refractivity contribution in [2.24, 2.45) is 0 Å². The van der Waals surface area contributed by atoms with Gasteiger partial charge in [-0.15, -0.1) is 0 Å². The smallest absolute Gasteiger partial charge is 0.124 e. The fraction of sp³-hybridized carbons (Fsp3) is 0.500. The first-order chi connectivity index (χ1) is 4.72. The summed E-state index contributed by atoms with van der Waals surface area (Å²) >= 11 is 0. The number of allylic oxidation sites excluding steroid dienone is 4. The maximum atomic E-state index is 12.7. The van der Waals surface area contributed by atoms with Crippen LogP contribution < -0.4 is 0 Å². The quantitative estimate of drug-likeness (QED) is 0.489. The Balaban J connectivity index is 2.88. The molecule has 0 aromatic heterocycles. The van der Waals surface area contributed by atoms with Crippen molar-refractivity contribution in [3.63, 3.8) is 0 Å². The Bertz CT molecular complexity index is 189. The van der Waals surface area contributed by atoms with Crippen LogP contribution >= 0.6 is 0 Å². The molecule has 1 rings (SSSR count). The first-order valence-electron chi connectivity index (χ1n) is 3.43. The van der Waals surface area contributed by atoms with E-state index in [9.17, 15) is 8.78 Å². The number of halogens is 2. The second-order valence-electron chi connectivity index (χ2n) is 2.47. The lowest BCUT2D eigenvalue weighted by molar-refractivity contribution is 0.561. The highest BCUT2D eigenvalue weighted by molar-refractivity contribution is 5.27. The molecule has 1 aliphatic carbocycles. The van der Waals surface area contributed by atoms with Gasteiger partial charge in [-0.2, -0.15) is 0 Å². The van der Waals surface area contributed by atoms with Crippen molar-refractivity contribution < 1.29 is 8.78 Å². The van der Waals surface area contributed by atoms with Gasteiger partial charge in [0.2, 0.25) is 0 Å². The third kappa shape index (κ3) is 1.43. The summed E-state index contributed by atoms with van der Waals surface area (Å²) in [6.07, 6.45) is 3.20. The third-order valence-electron chi connectivity index (χ3n) is 1.69. The SMILES string of the molecule is CC1=C(F)CCCC=C1F. The Morgan fingerprint density at radius 3 is 2.80 bits per heavy atom. The minimum atomic E-state index is -0.394. The topological polar surface area (TPSA) is 0 Å². The number of rotatable bonds is 0. The van der Waals surface area contributed by atoms with Crippen LogP contribution in [0, 0.1) is 0 Å². The van der Waals surface area contributed by atoms with Gasteiger partial charge in [-0.3, -0.25) is 0 Å². The van der Waals surface area contributed by atoms with Crippen LogP contribution in [0.5, 0.6) is 0 Å². The van der Waals surface area contributed by atoms with E-state index >= 15 is 0 Å². The van der Waals surface area contributed by atoms with Gasteiger partial charge in [0.25, 0.3) is 0 Å². The molecule has 0 aliphatic heterocycles. The maximum absolute atomic E-state index is 12.7. The molecule has 0 aromatic rings. The molecule has 0 unspecified atom stereocenters. The second kappa shape index (κ2) is 2.95. The second-order valence-corrected chi connectivity index (χ2v) is 2.47. The van der Waals surface area contributed by atoms with E-state index in [1.165, 1.54) is 13.0 Å². The fourth-order valence-corrected chi connectivity index (χ4v) is 0.956. The normalized spacial score (nSPS) is 20.5. The van der Waals surface area contributed by atoms with Gasteiger partial charge in [-0.05, 0) is 32.3 Å². The van der Waals surface area contributed by atoms with Crippen molar-refractivity contribution in [3.8, 4) is 0 Å². The summed E-state index contributed by atoms with van der Waals surface area (Å²) < 4.78 is 25.3. The molecule has 2 heteroatoms. The Hall–Kier alpha value is -0.660. The third-order valence-corrected chi connectivity index (χ3v) is 1.69. The molecule has 56 valence electrons. The van der Waals surface area contributed by atoms with Gasteiger partial charge in [0, 0.05) is 5.57 Å². The van der Waals surface area contributed by atoms with Crippen molar-refractivity contribution in [1.29, 1.82) is 0 Å². The van der Waals surface area contributed by atoms with Gasteiger partial charge in [-0.25, -0.2) is 8.78 Å². The zero-order valence-electron chi connectivity index (χ0n) is 5.95. The molecule has 1 aliphatic rings. The molecule has 0 aromatic carbocycles. The van der Waals surface area contributed by atoms with Gasteiger partial charge in [0.15, 0.2) is 0 Å². The Morgan fingerprint density at radius 1 is 1.40 bits per heavy atom. The lowest BCUT2D eigenvalue weighted by atomic mass is 10.2. The van der Waals surface area contributed by atoms with Crippen molar-refractivity contribution >= 4 is 0 Å².